The first-order valence-corrected chi connectivity index (χ1v) is 10.7. The molecule has 1 atom stereocenters. The van der Waals surface area contributed by atoms with Crippen LogP contribution >= 0.6 is 24.0 Å². The minimum absolute atomic E-state index is 0. The predicted molar refractivity (Wildman–Crippen MR) is 135 cm³/mol. The second-order valence-electron chi connectivity index (χ2n) is 7.27. The van der Waals surface area contributed by atoms with Crippen molar-refractivity contribution in [2.45, 2.75) is 45.3 Å². The first-order valence-electron chi connectivity index (χ1n) is 10.7. The van der Waals surface area contributed by atoms with E-state index in [0.29, 0.717) is 12.6 Å². The highest BCUT2D eigenvalue weighted by Gasteiger charge is 2.21. The summed E-state index contributed by atoms with van der Waals surface area (Å²) in [6, 6.07) is 16.5. The van der Waals surface area contributed by atoms with Crippen LogP contribution < -0.4 is 20.3 Å². The molecule has 0 radical (unpaired) electrons. The van der Waals surface area contributed by atoms with Crippen LogP contribution in [0, 0.1) is 0 Å². The van der Waals surface area contributed by atoms with E-state index in [-0.39, 0.29) is 30.1 Å². The minimum atomic E-state index is 0. The molecule has 1 aromatic carbocycles. The van der Waals surface area contributed by atoms with E-state index in [1.807, 2.05) is 48.7 Å². The third-order valence-corrected chi connectivity index (χ3v) is 5.11. The topological polar surface area (TPSA) is 61.8 Å². The molecule has 1 saturated heterocycles. The summed E-state index contributed by atoms with van der Waals surface area (Å²) in [6.07, 6.45) is 4.98. The van der Waals surface area contributed by atoms with Crippen molar-refractivity contribution in [2.75, 3.05) is 31.1 Å². The van der Waals surface area contributed by atoms with Crippen LogP contribution in [0.2, 0.25) is 0 Å². The zero-order valence-corrected chi connectivity index (χ0v) is 20.3. The van der Waals surface area contributed by atoms with Crippen LogP contribution in [-0.2, 0) is 0 Å². The van der Waals surface area contributed by atoms with Crippen molar-refractivity contribution in [2.24, 2.45) is 4.99 Å². The number of nitrogens with one attached hydrogen (secondary N) is 2. The number of ether oxygens (including phenoxy) is 1. The summed E-state index contributed by atoms with van der Waals surface area (Å²) in [4.78, 5) is 11.6. The van der Waals surface area contributed by atoms with Crippen molar-refractivity contribution in [1.82, 2.24) is 15.6 Å². The maximum Gasteiger partial charge on any atom is 0.191 e. The second-order valence-corrected chi connectivity index (χ2v) is 7.27. The zero-order valence-electron chi connectivity index (χ0n) is 18.0. The molecule has 1 fully saturated rings. The average molecular weight is 523 g/mol. The van der Waals surface area contributed by atoms with Gasteiger partial charge in [0.25, 0.3) is 0 Å². The van der Waals surface area contributed by atoms with E-state index >= 15 is 0 Å². The van der Waals surface area contributed by atoms with E-state index in [1.165, 1.54) is 0 Å². The summed E-state index contributed by atoms with van der Waals surface area (Å²) >= 11 is 0. The molecule has 2 N–H and O–H groups in total. The number of benzene rings is 1. The Morgan fingerprint density at radius 2 is 1.87 bits per heavy atom. The molecule has 2 aromatic rings. The van der Waals surface area contributed by atoms with Gasteiger partial charge in [0.05, 0.1) is 6.54 Å². The van der Waals surface area contributed by atoms with Gasteiger partial charge in [-0.3, -0.25) is 0 Å². The Hall–Kier alpha value is -2.03. The largest absolute Gasteiger partial charge is 0.489 e. The summed E-state index contributed by atoms with van der Waals surface area (Å²) in [6.45, 7) is 7.71. The number of anilines is 1. The summed E-state index contributed by atoms with van der Waals surface area (Å²) < 4.78 is 6.07. The predicted octanol–water partition coefficient (Wildman–Crippen LogP) is 4.08. The van der Waals surface area contributed by atoms with Gasteiger partial charge >= 0.3 is 0 Å². The number of hydrogen-bond acceptors (Lipinski definition) is 4. The van der Waals surface area contributed by atoms with Crippen LogP contribution in [-0.4, -0.2) is 49.3 Å². The number of rotatable bonds is 8. The molecule has 7 heteroatoms. The lowest BCUT2D eigenvalue weighted by atomic mass is 10.1. The van der Waals surface area contributed by atoms with Crippen molar-refractivity contribution in [3.05, 3.63) is 54.7 Å². The van der Waals surface area contributed by atoms with Crippen LogP contribution in [0.3, 0.4) is 0 Å². The Balaban J connectivity index is 0.00000320. The third kappa shape index (κ3) is 7.66. The van der Waals surface area contributed by atoms with Crippen molar-refractivity contribution >= 4 is 35.8 Å². The van der Waals surface area contributed by atoms with E-state index in [1.54, 1.807) is 0 Å². The SMILES string of the molecule is CCNC(=NCC(CC)Oc1ccccc1)NC1CCN(c2ccccn2)CC1.I. The molecule has 0 saturated carbocycles. The highest BCUT2D eigenvalue weighted by atomic mass is 127. The average Bonchev–Trinajstić information content (AvgIpc) is 2.78. The standard InChI is InChI=1S/C23H33N5O.HI/c1-3-20(29-21-10-6-5-7-11-21)18-26-23(24-4-2)27-19-13-16-28(17-14-19)22-12-8-9-15-25-22;/h5-12,15,19-20H,3-4,13-14,16-18H2,1-2H3,(H2,24,26,27);1H. The van der Waals surface area contributed by atoms with Crippen LogP contribution in [0.1, 0.15) is 33.1 Å². The van der Waals surface area contributed by atoms with Gasteiger partial charge in [-0.05, 0) is 50.5 Å². The molecule has 1 unspecified atom stereocenters. The molecule has 3 rings (SSSR count). The highest BCUT2D eigenvalue weighted by molar-refractivity contribution is 14.0. The Bertz CT molecular complexity index is 736. The molecule has 0 spiro atoms. The van der Waals surface area contributed by atoms with Gasteiger partial charge in [-0.1, -0.05) is 31.2 Å². The number of para-hydroxylation sites is 1. The molecule has 2 heterocycles. The fraction of sp³-hybridized carbons (Fsp3) is 0.478. The summed E-state index contributed by atoms with van der Waals surface area (Å²) in [5.74, 6) is 2.84. The first kappa shape index (κ1) is 24.2. The lowest BCUT2D eigenvalue weighted by Crippen LogP contribution is -2.49. The van der Waals surface area contributed by atoms with Crippen molar-refractivity contribution in [1.29, 1.82) is 0 Å². The number of aliphatic imine (C=N–C) groups is 1. The van der Waals surface area contributed by atoms with Crippen LogP contribution in [0.25, 0.3) is 0 Å². The quantitative estimate of drug-likeness (QED) is 0.310. The number of aromatic nitrogens is 1. The summed E-state index contributed by atoms with van der Waals surface area (Å²) in [5, 5.41) is 6.98. The van der Waals surface area contributed by atoms with Crippen LogP contribution in [0.15, 0.2) is 59.7 Å². The molecular formula is C23H34IN5O. The normalized spacial score (nSPS) is 15.8. The Morgan fingerprint density at radius 1 is 1.13 bits per heavy atom. The Morgan fingerprint density at radius 3 is 2.50 bits per heavy atom. The lowest BCUT2D eigenvalue weighted by molar-refractivity contribution is 0.205. The molecule has 30 heavy (non-hydrogen) atoms. The van der Waals surface area contributed by atoms with E-state index in [4.69, 9.17) is 9.73 Å². The van der Waals surface area contributed by atoms with Gasteiger partial charge in [0.15, 0.2) is 5.96 Å². The minimum Gasteiger partial charge on any atom is -0.489 e. The van der Waals surface area contributed by atoms with Crippen molar-refractivity contribution in [3.8, 4) is 5.75 Å². The van der Waals surface area contributed by atoms with Crippen molar-refractivity contribution < 1.29 is 4.74 Å². The maximum absolute atomic E-state index is 6.07. The molecule has 1 aliphatic rings. The molecule has 1 aliphatic heterocycles. The van der Waals surface area contributed by atoms with Gasteiger partial charge in [0.1, 0.15) is 17.7 Å². The Labute approximate surface area is 197 Å². The van der Waals surface area contributed by atoms with Gasteiger partial charge in [-0.15, -0.1) is 24.0 Å². The van der Waals surface area contributed by atoms with Crippen LogP contribution in [0.5, 0.6) is 5.75 Å². The molecule has 0 aliphatic carbocycles. The smallest absolute Gasteiger partial charge is 0.191 e. The van der Waals surface area contributed by atoms with E-state index in [0.717, 1.165) is 56.4 Å². The number of pyridine rings is 1. The lowest BCUT2D eigenvalue weighted by Gasteiger charge is -2.33. The fourth-order valence-corrected chi connectivity index (χ4v) is 3.44. The molecule has 6 nitrogen and oxygen atoms in total. The molecular weight excluding hydrogens is 489 g/mol. The van der Waals surface area contributed by atoms with Gasteiger partial charge in [-0.25, -0.2) is 9.98 Å². The number of hydrogen-bond donors (Lipinski definition) is 2. The zero-order chi connectivity index (χ0) is 20.3. The maximum atomic E-state index is 6.07. The molecule has 0 amide bonds. The highest BCUT2D eigenvalue weighted by Crippen LogP contribution is 2.17. The number of halogens is 1. The molecule has 1 aromatic heterocycles. The third-order valence-electron chi connectivity index (χ3n) is 5.11. The first-order chi connectivity index (χ1) is 14.3. The number of piperidine rings is 1. The second kappa shape index (κ2) is 13.3. The van der Waals surface area contributed by atoms with Gasteiger partial charge in [0, 0.05) is 31.9 Å². The number of nitrogens with zero attached hydrogens (tertiary/aromatic N) is 3. The Kier molecular flexibility index (Phi) is 10.8. The molecule has 0 bridgehead atoms. The van der Waals surface area contributed by atoms with E-state index < -0.39 is 0 Å². The van der Waals surface area contributed by atoms with Crippen molar-refractivity contribution in [3.63, 3.8) is 0 Å². The van der Waals surface area contributed by atoms with Gasteiger partial charge < -0.3 is 20.3 Å². The van der Waals surface area contributed by atoms with Gasteiger partial charge in [-0.2, -0.15) is 0 Å². The fourth-order valence-electron chi connectivity index (χ4n) is 3.44. The summed E-state index contributed by atoms with van der Waals surface area (Å²) in [5.41, 5.74) is 0. The van der Waals surface area contributed by atoms with E-state index in [2.05, 4.69) is 40.4 Å². The van der Waals surface area contributed by atoms with Crippen LogP contribution in [0.4, 0.5) is 5.82 Å². The molecule has 164 valence electrons. The summed E-state index contributed by atoms with van der Waals surface area (Å²) in [7, 11) is 0. The van der Waals surface area contributed by atoms with E-state index in [9.17, 15) is 0 Å². The monoisotopic (exact) mass is 523 g/mol. The van der Waals surface area contributed by atoms with Gasteiger partial charge in [0.2, 0.25) is 0 Å². The number of guanidine groups is 1.